The number of fused-ring (bicyclic) bond motifs is 1. The highest BCUT2D eigenvalue weighted by molar-refractivity contribution is 5.96. The molecule has 3 aromatic carbocycles. The van der Waals surface area contributed by atoms with Crippen molar-refractivity contribution in [2.75, 3.05) is 6.54 Å². The van der Waals surface area contributed by atoms with E-state index in [0.717, 1.165) is 49.7 Å². The summed E-state index contributed by atoms with van der Waals surface area (Å²) >= 11 is 0. The molecule has 0 unspecified atom stereocenters. The Hall–Kier alpha value is -3.24. The van der Waals surface area contributed by atoms with Crippen molar-refractivity contribution >= 4 is 22.4 Å². The van der Waals surface area contributed by atoms with Gasteiger partial charge in [-0.15, -0.1) is 10.2 Å². The summed E-state index contributed by atoms with van der Waals surface area (Å²) in [5, 5.41) is 14.6. The first kappa shape index (κ1) is 22.0. The third-order valence-corrected chi connectivity index (χ3v) is 5.67. The topological polar surface area (TPSA) is 51.0 Å². The Kier molecular flexibility index (Phi) is 7.47. The highest BCUT2D eigenvalue weighted by atomic mass is 16.4. The van der Waals surface area contributed by atoms with Crippen LogP contribution in [0.2, 0.25) is 0 Å². The lowest BCUT2D eigenvalue weighted by atomic mass is 9.99. The van der Waals surface area contributed by atoms with Gasteiger partial charge in [-0.2, -0.15) is 0 Å². The molecule has 0 radical (unpaired) electrons. The lowest BCUT2D eigenvalue weighted by Gasteiger charge is -2.10. The summed E-state index contributed by atoms with van der Waals surface area (Å²) in [6, 6.07) is 23.1. The molecule has 4 aromatic rings. The van der Waals surface area contributed by atoms with Crippen molar-refractivity contribution in [3.63, 3.8) is 0 Å². The molecule has 0 spiro atoms. The van der Waals surface area contributed by atoms with Crippen molar-refractivity contribution in [1.29, 1.82) is 0 Å². The van der Waals surface area contributed by atoms with Gasteiger partial charge in [-0.05, 0) is 59.3 Å². The van der Waals surface area contributed by atoms with Gasteiger partial charge in [-0.25, -0.2) is 0 Å². The first-order valence-electron chi connectivity index (χ1n) is 11.6. The summed E-state index contributed by atoms with van der Waals surface area (Å²) in [7, 11) is 0. The summed E-state index contributed by atoms with van der Waals surface area (Å²) in [6.07, 6.45) is 6.41. The quantitative estimate of drug-likeness (QED) is 0.275. The van der Waals surface area contributed by atoms with Crippen molar-refractivity contribution in [2.45, 2.75) is 46.1 Å². The highest BCUT2D eigenvalue weighted by Gasteiger charge is 2.14. The zero-order valence-electron chi connectivity index (χ0n) is 19.0. The summed E-state index contributed by atoms with van der Waals surface area (Å²) in [5.74, 6) is 1.11. The van der Waals surface area contributed by atoms with Crippen LogP contribution >= 0.6 is 0 Å². The van der Waals surface area contributed by atoms with E-state index in [9.17, 15) is 0 Å². The summed E-state index contributed by atoms with van der Waals surface area (Å²) in [6.45, 7) is 6.25. The number of hydrogen-bond donors (Lipinski definition) is 1. The molecule has 0 saturated heterocycles. The van der Waals surface area contributed by atoms with E-state index in [1.807, 2.05) is 12.1 Å². The molecule has 0 fully saturated rings. The van der Waals surface area contributed by atoms with Gasteiger partial charge in [0.1, 0.15) is 0 Å². The number of rotatable bonds is 10. The number of nitrogens with zero attached hydrogens (tertiary/aromatic N) is 2. The molecule has 1 aromatic heterocycles. The molecule has 4 nitrogen and oxygen atoms in total. The second-order valence-electron chi connectivity index (χ2n) is 8.08. The molecule has 4 heteroatoms. The van der Waals surface area contributed by atoms with E-state index in [4.69, 9.17) is 4.42 Å². The SMILES string of the molecule is CCCC/C(=C\c1nnc(-c2ccc(CNCCC)c3ccccc23)o1)c1ccccc1. The Balaban J connectivity index is 1.67. The molecule has 1 N–H and O–H groups in total. The van der Waals surface area contributed by atoms with Gasteiger partial charge < -0.3 is 9.73 Å². The van der Waals surface area contributed by atoms with Gasteiger partial charge in [0.25, 0.3) is 0 Å². The largest absolute Gasteiger partial charge is 0.417 e. The van der Waals surface area contributed by atoms with E-state index >= 15 is 0 Å². The van der Waals surface area contributed by atoms with Gasteiger partial charge >= 0.3 is 0 Å². The van der Waals surface area contributed by atoms with Crippen LogP contribution in [0.5, 0.6) is 0 Å². The predicted molar refractivity (Wildman–Crippen MR) is 133 cm³/mol. The second-order valence-corrected chi connectivity index (χ2v) is 8.08. The molecular formula is C28H31N3O. The average molecular weight is 426 g/mol. The van der Waals surface area contributed by atoms with Gasteiger partial charge in [-0.1, -0.05) is 80.9 Å². The standard InChI is InChI=1S/C28H31N3O/c1-3-5-11-22(21-12-7-6-8-13-21)19-27-30-31-28(32-27)26-17-16-23(20-29-18-4-2)24-14-9-10-15-25(24)26/h6-10,12-17,19,29H,3-5,11,18,20H2,1-2H3/b22-19+. The monoisotopic (exact) mass is 425 g/mol. The van der Waals surface area contributed by atoms with Gasteiger partial charge in [0, 0.05) is 18.2 Å². The molecule has 4 rings (SSSR count). The summed E-state index contributed by atoms with van der Waals surface area (Å²) < 4.78 is 6.13. The first-order valence-corrected chi connectivity index (χ1v) is 11.6. The maximum atomic E-state index is 6.13. The number of allylic oxidation sites excluding steroid dienone is 1. The van der Waals surface area contributed by atoms with Crippen molar-refractivity contribution in [3.8, 4) is 11.5 Å². The highest BCUT2D eigenvalue weighted by Crippen LogP contribution is 2.31. The van der Waals surface area contributed by atoms with Crippen LogP contribution in [0.1, 0.15) is 56.5 Å². The zero-order chi connectivity index (χ0) is 22.2. The lowest BCUT2D eigenvalue weighted by molar-refractivity contribution is 0.558. The van der Waals surface area contributed by atoms with Crippen LogP contribution in [0.25, 0.3) is 33.9 Å². The molecule has 0 atom stereocenters. The fraction of sp³-hybridized carbons (Fsp3) is 0.286. The Morgan fingerprint density at radius 2 is 1.66 bits per heavy atom. The molecule has 0 amide bonds. The number of aromatic nitrogens is 2. The van der Waals surface area contributed by atoms with Crippen LogP contribution in [-0.4, -0.2) is 16.7 Å². The lowest BCUT2D eigenvalue weighted by Crippen LogP contribution is -2.14. The Morgan fingerprint density at radius 3 is 2.44 bits per heavy atom. The molecule has 0 saturated carbocycles. The van der Waals surface area contributed by atoms with Gasteiger partial charge in [0.2, 0.25) is 11.8 Å². The van der Waals surface area contributed by atoms with E-state index in [-0.39, 0.29) is 0 Å². The molecule has 164 valence electrons. The molecular weight excluding hydrogens is 394 g/mol. The molecule has 1 heterocycles. The normalized spacial score (nSPS) is 11.9. The van der Waals surface area contributed by atoms with Crippen molar-refractivity contribution in [2.24, 2.45) is 0 Å². The van der Waals surface area contributed by atoms with E-state index in [2.05, 4.69) is 90.0 Å². The van der Waals surface area contributed by atoms with Crippen LogP contribution < -0.4 is 5.32 Å². The van der Waals surface area contributed by atoms with Crippen LogP contribution in [-0.2, 0) is 6.54 Å². The fourth-order valence-electron chi connectivity index (χ4n) is 3.97. The van der Waals surface area contributed by atoms with Crippen molar-refractivity contribution in [1.82, 2.24) is 15.5 Å². The maximum Gasteiger partial charge on any atom is 0.248 e. The van der Waals surface area contributed by atoms with Crippen LogP contribution in [0.15, 0.2) is 71.1 Å². The first-order chi connectivity index (χ1) is 15.8. The van der Waals surface area contributed by atoms with Crippen molar-refractivity contribution in [3.05, 3.63) is 83.7 Å². The zero-order valence-corrected chi connectivity index (χ0v) is 19.0. The van der Waals surface area contributed by atoms with E-state index in [0.29, 0.717) is 11.8 Å². The molecule has 0 aliphatic rings. The molecule has 32 heavy (non-hydrogen) atoms. The predicted octanol–water partition coefficient (Wildman–Crippen LogP) is 7.12. The van der Waals surface area contributed by atoms with Gasteiger partial charge in [-0.3, -0.25) is 0 Å². The summed E-state index contributed by atoms with van der Waals surface area (Å²) in [5.41, 5.74) is 4.69. The molecule has 0 aliphatic heterocycles. The Bertz CT molecular complexity index is 1180. The Labute approximate surface area is 190 Å². The second kappa shape index (κ2) is 10.9. The van der Waals surface area contributed by atoms with E-state index in [1.54, 1.807) is 0 Å². The maximum absolute atomic E-state index is 6.13. The number of nitrogens with one attached hydrogen (secondary N) is 1. The number of hydrogen-bond acceptors (Lipinski definition) is 4. The number of benzene rings is 3. The third kappa shape index (κ3) is 5.14. The van der Waals surface area contributed by atoms with Crippen LogP contribution in [0.3, 0.4) is 0 Å². The number of unbranched alkanes of at least 4 members (excludes halogenated alkanes) is 1. The minimum Gasteiger partial charge on any atom is -0.417 e. The average Bonchev–Trinajstić information content (AvgIpc) is 3.31. The van der Waals surface area contributed by atoms with Crippen LogP contribution in [0, 0.1) is 0 Å². The fourth-order valence-corrected chi connectivity index (χ4v) is 3.97. The van der Waals surface area contributed by atoms with Gasteiger partial charge in [0.15, 0.2) is 0 Å². The van der Waals surface area contributed by atoms with Crippen molar-refractivity contribution < 1.29 is 4.42 Å². The minimum atomic E-state index is 0.549. The summed E-state index contributed by atoms with van der Waals surface area (Å²) in [4.78, 5) is 0. The van der Waals surface area contributed by atoms with E-state index < -0.39 is 0 Å². The smallest absolute Gasteiger partial charge is 0.248 e. The Morgan fingerprint density at radius 1 is 0.875 bits per heavy atom. The van der Waals surface area contributed by atoms with Gasteiger partial charge in [0.05, 0.1) is 0 Å². The van der Waals surface area contributed by atoms with E-state index in [1.165, 1.54) is 22.1 Å². The third-order valence-electron chi connectivity index (χ3n) is 5.67. The minimum absolute atomic E-state index is 0.549. The molecule has 0 bridgehead atoms. The van der Waals surface area contributed by atoms with Crippen LogP contribution in [0.4, 0.5) is 0 Å². The molecule has 0 aliphatic carbocycles.